The van der Waals surface area contributed by atoms with Crippen LogP contribution in [0.4, 0.5) is 17.6 Å². The second-order valence-corrected chi connectivity index (χ2v) is 12.0. The number of nitrogens with one attached hydrogen (secondary N) is 2. The number of hydrogen-bond acceptors (Lipinski definition) is 5. The Hall–Kier alpha value is -2.90. The minimum absolute atomic E-state index is 0.0273. The van der Waals surface area contributed by atoms with Crippen LogP contribution in [0, 0.1) is 0 Å². The summed E-state index contributed by atoms with van der Waals surface area (Å²) in [6, 6.07) is 19.2. The van der Waals surface area contributed by atoms with Crippen molar-refractivity contribution in [1.82, 2.24) is 15.3 Å². The van der Waals surface area contributed by atoms with Crippen LogP contribution in [0.2, 0.25) is 5.02 Å². The first kappa shape index (κ1) is 26.3. The van der Waals surface area contributed by atoms with E-state index < -0.39 is 0 Å². The third kappa shape index (κ3) is 5.99. The van der Waals surface area contributed by atoms with E-state index in [9.17, 15) is 0 Å². The number of aromatic nitrogens is 2. The maximum absolute atomic E-state index is 6.39. The second-order valence-electron chi connectivity index (χ2n) is 11.2. The molecule has 3 heterocycles. The van der Waals surface area contributed by atoms with E-state index in [2.05, 4.69) is 69.0 Å². The Kier molecular flexibility index (Phi) is 7.89. The molecule has 3 aliphatic rings. The number of halogens is 1. The maximum Gasteiger partial charge on any atom is 0.232 e. The standard InChI is InChI=1S/C31H37ClN6S/c32-26-12-8-11-25(19-26)31(14-4-1-5-15-31)22-33-30(39)36-29-34-27(37-16-6-7-17-37)20-28(35-29)38-18-13-23-9-2-3-10-24(23)21-38/h2-3,8-12,19-20H,1,4-7,13-18,21-22H2,(H2,33,34,35,36,39). The normalized spacial score (nSPS) is 18.5. The van der Waals surface area contributed by atoms with Crippen LogP contribution in [0.1, 0.15) is 61.6 Å². The zero-order valence-electron chi connectivity index (χ0n) is 22.5. The summed E-state index contributed by atoms with van der Waals surface area (Å²) in [6.07, 6.45) is 9.40. The van der Waals surface area contributed by atoms with Gasteiger partial charge in [-0.25, -0.2) is 0 Å². The molecular weight excluding hydrogens is 524 g/mol. The Labute approximate surface area is 242 Å². The zero-order chi connectivity index (χ0) is 26.7. The molecule has 1 aliphatic carbocycles. The van der Waals surface area contributed by atoms with E-state index in [0.29, 0.717) is 11.1 Å². The molecule has 0 spiro atoms. The van der Waals surface area contributed by atoms with Crippen LogP contribution in [0.25, 0.3) is 0 Å². The van der Waals surface area contributed by atoms with Crippen LogP contribution in [0.15, 0.2) is 54.6 Å². The maximum atomic E-state index is 6.39. The molecule has 2 aromatic carbocycles. The highest BCUT2D eigenvalue weighted by molar-refractivity contribution is 7.80. The summed E-state index contributed by atoms with van der Waals surface area (Å²) in [6.45, 7) is 4.63. The van der Waals surface area contributed by atoms with Gasteiger partial charge in [-0.05, 0) is 73.1 Å². The fraction of sp³-hybridized carbons (Fsp3) is 0.452. The Bertz CT molecular complexity index is 1320. The molecule has 204 valence electrons. The Morgan fingerprint density at radius 1 is 0.846 bits per heavy atom. The fourth-order valence-electron chi connectivity index (χ4n) is 6.45. The second kappa shape index (κ2) is 11.7. The number of rotatable bonds is 6. The van der Waals surface area contributed by atoms with Gasteiger partial charge in [0.1, 0.15) is 11.6 Å². The molecule has 2 aliphatic heterocycles. The minimum atomic E-state index is 0.0273. The fourth-order valence-corrected chi connectivity index (χ4v) is 6.80. The number of anilines is 3. The van der Waals surface area contributed by atoms with Gasteiger partial charge in [-0.3, -0.25) is 0 Å². The minimum Gasteiger partial charge on any atom is -0.361 e. The van der Waals surface area contributed by atoms with E-state index in [1.54, 1.807) is 0 Å². The van der Waals surface area contributed by atoms with Gasteiger partial charge >= 0.3 is 0 Å². The molecule has 1 aromatic heterocycles. The van der Waals surface area contributed by atoms with Gasteiger partial charge in [0.25, 0.3) is 0 Å². The van der Waals surface area contributed by atoms with Gasteiger partial charge < -0.3 is 20.4 Å². The summed E-state index contributed by atoms with van der Waals surface area (Å²) in [4.78, 5) is 14.6. The summed E-state index contributed by atoms with van der Waals surface area (Å²) in [7, 11) is 0. The lowest BCUT2D eigenvalue weighted by Gasteiger charge is -2.38. The molecule has 3 aromatic rings. The van der Waals surface area contributed by atoms with Crippen LogP contribution in [0.5, 0.6) is 0 Å². The molecule has 1 saturated heterocycles. The first-order valence-electron chi connectivity index (χ1n) is 14.3. The SMILES string of the molecule is S=C(NCC1(c2cccc(Cl)c2)CCCCC1)Nc1nc(N2CCCC2)cc(N2CCc3ccccc3C2)n1. The van der Waals surface area contributed by atoms with Crippen LogP contribution in [-0.4, -0.2) is 41.3 Å². The molecular formula is C31H37ClN6S. The average Bonchev–Trinajstić information content (AvgIpc) is 3.52. The molecule has 39 heavy (non-hydrogen) atoms. The first-order valence-corrected chi connectivity index (χ1v) is 15.1. The molecule has 6 nitrogen and oxygen atoms in total. The topological polar surface area (TPSA) is 56.3 Å². The van der Waals surface area contributed by atoms with E-state index >= 15 is 0 Å². The molecule has 0 radical (unpaired) electrons. The van der Waals surface area contributed by atoms with Crippen molar-refractivity contribution in [2.45, 2.75) is 63.3 Å². The van der Waals surface area contributed by atoms with Gasteiger partial charge in [0.15, 0.2) is 5.11 Å². The van der Waals surface area contributed by atoms with E-state index in [-0.39, 0.29) is 5.41 Å². The molecule has 8 heteroatoms. The summed E-state index contributed by atoms with van der Waals surface area (Å²) in [5.74, 6) is 2.49. The number of benzene rings is 2. The van der Waals surface area contributed by atoms with Gasteiger partial charge in [0.2, 0.25) is 5.95 Å². The quantitative estimate of drug-likeness (QED) is 0.334. The average molecular weight is 561 g/mol. The summed E-state index contributed by atoms with van der Waals surface area (Å²) < 4.78 is 0. The highest BCUT2D eigenvalue weighted by atomic mass is 35.5. The highest BCUT2D eigenvalue weighted by Gasteiger charge is 2.34. The Morgan fingerprint density at radius 2 is 1.59 bits per heavy atom. The van der Waals surface area contributed by atoms with Crippen molar-refractivity contribution in [3.8, 4) is 0 Å². The lowest BCUT2D eigenvalue weighted by atomic mass is 9.69. The number of fused-ring (bicyclic) bond motifs is 1. The number of nitrogens with zero attached hydrogens (tertiary/aromatic N) is 4. The van der Waals surface area contributed by atoms with Crippen molar-refractivity contribution in [2.75, 3.05) is 41.3 Å². The molecule has 2 fully saturated rings. The smallest absolute Gasteiger partial charge is 0.232 e. The molecule has 6 rings (SSSR count). The molecule has 0 amide bonds. The summed E-state index contributed by atoms with van der Waals surface area (Å²) >= 11 is 12.2. The van der Waals surface area contributed by atoms with E-state index in [1.807, 2.05) is 6.07 Å². The highest BCUT2D eigenvalue weighted by Crippen LogP contribution is 2.40. The lowest BCUT2D eigenvalue weighted by molar-refractivity contribution is 0.292. The van der Waals surface area contributed by atoms with Crippen molar-refractivity contribution in [3.05, 3.63) is 76.3 Å². The predicted molar refractivity (Wildman–Crippen MR) is 165 cm³/mol. The zero-order valence-corrected chi connectivity index (χ0v) is 24.0. The first-order chi connectivity index (χ1) is 19.1. The van der Waals surface area contributed by atoms with E-state index in [0.717, 1.165) is 68.6 Å². The largest absolute Gasteiger partial charge is 0.361 e. The summed E-state index contributed by atoms with van der Waals surface area (Å²) in [5, 5.41) is 8.23. The monoisotopic (exact) mass is 560 g/mol. The molecule has 0 atom stereocenters. The van der Waals surface area contributed by atoms with Crippen molar-refractivity contribution < 1.29 is 0 Å². The number of hydrogen-bond donors (Lipinski definition) is 2. The predicted octanol–water partition coefficient (Wildman–Crippen LogP) is 6.48. The molecule has 2 N–H and O–H groups in total. The molecule has 0 unspecified atom stereocenters. The summed E-state index contributed by atoms with van der Waals surface area (Å²) in [5.41, 5.74) is 4.13. The number of thiocarbonyl (C=S) groups is 1. The van der Waals surface area contributed by atoms with Gasteiger partial charge in [-0.1, -0.05) is 67.3 Å². The molecule has 1 saturated carbocycles. The Balaban J connectivity index is 1.20. The lowest BCUT2D eigenvalue weighted by Crippen LogP contribution is -2.43. The van der Waals surface area contributed by atoms with Crippen LogP contribution >= 0.6 is 23.8 Å². The van der Waals surface area contributed by atoms with Gasteiger partial charge in [-0.15, -0.1) is 0 Å². The molecule has 0 bridgehead atoms. The third-order valence-electron chi connectivity index (χ3n) is 8.64. The van der Waals surface area contributed by atoms with Gasteiger partial charge in [-0.2, -0.15) is 9.97 Å². The van der Waals surface area contributed by atoms with Gasteiger partial charge in [0.05, 0.1) is 0 Å². The van der Waals surface area contributed by atoms with Crippen molar-refractivity contribution in [2.24, 2.45) is 0 Å². The van der Waals surface area contributed by atoms with Crippen LogP contribution in [-0.2, 0) is 18.4 Å². The third-order valence-corrected chi connectivity index (χ3v) is 9.13. The van der Waals surface area contributed by atoms with E-state index in [1.165, 1.54) is 48.8 Å². The van der Waals surface area contributed by atoms with Crippen molar-refractivity contribution in [1.29, 1.82) is 0 Å². The van der Waals surface area contributed by atoms with E-state index in [4.69, 9.17) is 33.8 Å². The Morgan fingerprint density at radius 3 is 2.36 bits per heavy atom. The van der Waals surface area contributed by atoms with Crippen LogP contribution < -0.4 is 20.4 Å². The van der Waals surface area contributed by atoms with Crippen molar-refractivity contribution in [3.63, 3.8) is 0 Å². The van der Waals surface area contributed by atoms with Gasteiger partial charge in [0, 0.05) is 49.2 Å². The van der Waals surface area contributed by atoms with Crippen molar-refractivity contribution >= 4 is 46.5 Å². The van der Waals surface area contributed by atoms with Crippen LogP contribution in [0.3, 0.4) is 0 Å².